The zero-order valence-electron chi connectivity index (χ0n) is 10.00. The Kier molecular flexibility index (Phi) is 4.16. The lowest BCUT2D eigenvalue weighted by Crippen LogP contribution is -1.85. The van der Waals surface area contributed by atoms with Crippen LogP contribution in [0.1, 0.15) is 16.8 Å². The highest BCUT2D eigenvalue weighted by molar-refractivity contribution is 7.98. The van der Waals surface area contributed by atoms with Gasteiger partial charge in [0.05, 0.1) is 11.3 Å². The number of thioether (sulfide) groups is 1. The first-order valence-corrected chi connectivity index (χ1v) is 6.73. The number of aromatic nitrogens is 1. The van der Waals surface area contributed by atoms with E-state index < -0.39 is 0 Å². The van der Waals surface area contributed by atoms with Crippen molar-refractivity contribution in [2.45, 2.75) is 4.90 Å². The molecule has 2 rings (SSSR count). The van der Waals surface area contributed by atoms with Gasteiger partial charge in [0, 0.05) is 11.1 Å². The fraction of sp³-hybridized carbons (Fsp3) is 0.0667. The normalized spacial score (nSPS) is 10.4. The highest BCUT2D eigenvalue weighted by Crippen LogP contribution is 2.16. The molecule has 2 nitrogen and oxygen atoms in total. The first-order chi connectivity index (χ1) is 8.83. The molecular formula is C15H12N2S. The lowest BCUT2D eigenvalue weighted by atomic mass is 10.1. The van der Waals surface area contributed by atoms with Crippen LogP contribution in [-0.2, 0) is 0 Å². The van der Waals surface area contributed by atoms with Gasteiger partial charge in [-0.3, -0.25) is 4.98 Å². The molecular weight excluding hydrogens is 240 g/mol. The molecule has 0 fully saturated rings. The molecule has 0 aliphatic carbocycles. The Hall–Kier alpha value is -2.05. The Morgan fingerprint density at radius 1 is 1.17 bits per heavy atom. The molecule has 0 bridgehead atoms. The molecule has 3 heteroatoms. The van der Waals surface area contributed by atoms with Crippen molar-refractivity contribution in [1.29, 1.82) is 5.26 Å². The van der Waals surface area contributed by atoms with Gasteiger partial charge >= 0.3 is 0 Å². The first kappa shape index (κ1) is 12.4. The van der Waals surface area contributed by atoms with E-state index in [1.807, 2.05) is 12.2 Å². The summed E-state index contributed by atoms with van der Waals surface area (Å²) in [6.45, 7) is 0. The third-order valence-corrected chi connectivity index (χ3v) is 3.25. The van der Waals surface area contributed by atoms with Gasteiger partial charge < -0.3 is 0 Å². The second-order valence-electron chi connectivity index (χ2n) is 3.65. The zero-order valence-corrected chi connectivity index (χ0v) is 10.8. The third kappa shape index (κ3) is 2.99. The van der Waals surface area contributed by atoms with Crippen molar-refractivity contribution in [2.24, 2.45) is 0 Å². The van der Waals surface area contributed by atoms with E-state index in [0.717, 1.165) is 5.56 Å². The Morgan fingerprint density at radius 2 is 1.94 bits per heavy atom. The standard InChI is InChI=1S/C15H12N2S/c1-18-14-7-4-12(5-8-14)6-9-15-13(11-16)3-2-10-17-15/h2-10H,1H3. The van der Waals surface area contributed by atoms with E-state index in [-0.39, 0.29) is 0 Å². The van der Waals surface area contributed by atoms with Crippen molar-refractivity contribution in [3.63, 3.8) is 0 Å². The molecule has 0 radical (unpaired) electrons. The minimum atomic E-state index is 0.592. The van der Waals surface area contributed by atoms with Crippen LogP contribution < -0.4 is 0 Å². The second kappa shape index (κ2) is 6.04. The average molecular weight is 252 g/mol. The summed E-state index contributed by atoms with van der Waals surface area (Å²) in [4.78, 5) is 5.42. The summed E-state index contributed by atoms with van der Waals surface area (Å²) in [5.74, 6) is 0. The number of nitrogens with zero attached hydrogens (tertiary/aromatic N) is 2. The van der Waals surface area contributed by atoms with Gasteiger partial charge in [-0.25, -0.2) is 0 Å². The van der Waals surface area contributed by atoms with Crippen LogP contribution in [0.25, 0.3) is 12.2 Å². The van der Waals surface area contributed by atoms with Gasteiger partial charge in [0.1, 0.15) is 6.07 Å². The largest absolute Gasteiger partial charge is 0.256 e. The minimum Gasteiger partial charge on any atom is -0.256 e. The quantitative estimate of drug-likeness (QED) is 0.779. The van der Waals surface area contributed by atoms with Crippen LogP contribution in [0.5, 0.6) is 0 Å². The van der Waals surface area contributed by atoms with Gasteiger partial charge in [-0.05, 0) is 42.2 Å². The predicted molar refractivity (Wildman–Crippen MR) is 76.1 cm³/mol. The van der Waals surface area contributed by atoms with Gasteiger partial charge in [0.25, 0.3) is 0 Å². The Labute approximate surface area is 111 Å². The van der Waals surface area contributed by atoms with Crippen molar-refractivity contribution in [3.05, 3.63) is 59.4 Å². The molecule has 0 aliphatic rings. The Morgan fingerprint density at radius 3 is 2.61 bits per heavy atom. The van der Waals surface area contributed by atoms with Crippen LogP contribution in [-0.4, -0.2) is 11.2 Å². The van der Waals surface area contributed by atoms with Gasteiger partial charge in [0.15, 0.2) is 0 Å². The van der Waals surface area contributed by atoms with Crippen LogP contribution >= 0.6 is 11.8 Å². The summed E-state index contributed by atoms with van der Waals surface area (Å²) in [7, 11) is 0. The van der Waals surface area contributed by atoms with E-state index in [0.29, 0.717) is 11.3 Å². The van der Waals surface area contributed by atoms with E-state index in [2.05, 4.69) is 41.6 Å². The SMILES string of the molecule is CSc1ccc(C=Cc2ncccc2C#N)cc1. The molecule has 88 valence electrons. The monoisotopic (exact) mass is 252 g/mol. The summed E-state index contributed by atoms with van der Waals surface area (Å²) in [6, 6.07) is 13.9. The number of pyridine rings is 1. The molecule has 2 aromatic rings. The predicted octanol–water partition coefficient (Wildman–Crippen LogP) is 3.85. The molecule has 0 unspecified atom stereocenters. The molecule has 1 aromatic carbocycles. The molecule has 0 atom stereocenters. The minimum absolute atomic E-state index is 0.592. The molecule has 0 spiro atoms. The van der Waals surface area contributed by atoms with Gasteiger partial charge in [0.2, 0.25) is 0 Å². The van der Waals surface area contributed by atoms with E-state index in [1.165, 1.54) is 4.90 Å². The Bertz CT molecular complexity index is 595. The van der Waals surface area contributed by atoms with E-state index in [4.69, 9.17) is 5.26 Å². The van der Waals surface area contributed by atoms with Gasteiger partial charge in [-0.15, -0.1) is 11.8 Å². The first-order valence-electron chi connectivity index (χ1n) is 5.51. The number of benzene rings is 1. The third-order valence-electron chi connectivity index (χ3n) is 2.51. The average Bonchev–Trinajstić information content (AvgIpc) is 2.46. The van der Waals surface area contributed by atoms with Crippen molar-refractivity contribution in [2.75, 3.05) is 6.26 Å². The fourth-order valence-electron chi connectivity index (χ4n) is 1.54. The second-order valence-corrected chi connectivity index (χ2v) is 4.53. The smallest absolute Gasteiger partial charge is 0.101 e. The van der Waals surface area contributed by atoms with Crippen LogP contribution in [0.2, 0.25) is 0 Å². The van der Waals surface area contributed by atoms with Crippen molar-refractivity contribution < 1.29 is 0 Å². The lowest BCUT2D eigenvalue weighted by molar-refractivity contribution is 1.27. The fourth-order valence-corrected chi connectivity index (χ4v) is 1.94. The zero-order chi connectivity index (χ0) is 12.8. The summed E-state index contributed by atoms with van der Waals surface area (Å²) in [6.07, 6.45) is 7.58. The maximum absolute atomic E-state index is 8.96. The molecule has 0 N–H and O–H groups in total. The van der Waals surface area contributed by atoms with E-state index >= 15 is 0 Å². The van der Waals surface area contributed by atoms with Gasteiger partial charge in [-0.2, -0.15) is 5.26 Å². The molecule has 1 aromatic heterocycles. The summed E-state index contributed by atoms with van der Waals surface area (Å²) < 4.78 is 0. The van der Waals surface area contributed by atoms with Gasteiger partial charge in [-0.1, -0.05) is 18.2 Å². The highest BCUT2D eigenvalue weighted by Gasteiger charge is 1.97. The summed E-state index contributed by atoms with van der Waals surface area (Å²) in [5.41, 5.74) is 2.39. The number of rotatable bonds is 3. The Balaban J connectivity index is 2.22. The van der Waals surface area contributed by atoms with Crippen LogP contribution in [0.4, 0.5) is 0 Å². The topological polar surface area (TPSA) is 36.7 Å². The summed E-state index contributed by atoms with van der Waals surface area (Å²) >= 11 is 1.72. The van der Waals surface area contributed by atoms with E-state index in [9.17, 15) is 0 Å². The lowest BCUT2D eigenvalue weighted by Gasteiger charge is -1.98. The maximum atomic E-state index is 8.96. The number of hydrogen-bond acceptors (Lipinski definition) is 3. The van der Waals surface area contributed by atoms with Crippen LogP contribution in [0.3, 0.4) is 0 Å². The van der Waals surface area contributed by atoms with Crippen LogP contribution in [0, 0.1) is 11.3 Å². The number of hydrogen-bond donors (Lipinski definition) is 0. The van der Waals surface area contributed by atoms with Crippen molar-refractivity contribution in [1.82, 2.24) is 4.98 Å². The number of nitriles is 1. The molecule has 0 aliphatic heterocycles. The highest BCUT2D eigenvalue weighted by atomic mass is 32.2. The van der Waals surface area contributed by atoms with Crippen LogP contribution in [0.15, 0.2) is 47.5 Å². The van der Waals surface area contributed by atoms with Crippen molar-refractivity contribution in [3.8, 4) is 6.07 Å². The molecule has 0 saturated carbocycles. The molecule has 0 saturated heterocycles. The maximum Gasteiger partial charge on any atom is 0.101 e. The molecule has 18 heavy (non-hydrogen) atoms. The molecule has 0 amide bonds. The van der Waals surface area contributed by atoms with Crippen molar-refractivity contribution >= 4 is 23.9 Å². The summed E-state index contributed by atoms with van der Waals surface area (Å²) in [5, 5.41) is 8.96. The molecule has 1 heterocycles. The van der Waals surface area contributed by atoms with E-state index in [1.54, 1.807) is 30.1 Å².